The maximum atomic E-state index is 13.2. The number of carboxylic acids is 1. The van der Waals surface area contributed by atoms with E-state index in [0.717, 1.165) is 11.3 Å². The molecular formula is C21H20FN3O4S. The van der Waals surface area contributed by atoms with Crippen molar-refractivity contribution in [3.05, 3.63) is 75.4 Å². The minimum Gasteiger partial charge on any atom is -0.477 e. The lowest BCUT2D eigenvalue weighted by atomic mass is 9.97. The summed E-state index contributed by atoms with van der Waals surface area (Å²) in [5, 5.41) is 27.2. The van der Waals surface area contributed by atoms with Gasteiger partial charge in [-0.05, 0) is 43.7 Å². The van der Waals surface area contributed by atoms with E-state index < -0.39 is 11.6 Å². The Bertz CT molecular complexity index is 1070. The Balaban J connectivity index is 0.000000222. The van der Waals surface area contributed by atoms with Gasteiger partial charge >= 0.3 is 5.97 Å². The second-order valence-corrected chi connectivity index (χ2v) is 7.46. The van der Waals surface area contributed by atoms with Gasteiger partial charge in [0.05, 0.1) is 22.7 Å². The monoisotopic (exact) mass is 429 g/mol. The number of benzene rings is 2. The van der Waals surface area contributed by atoms with E-state index in [-0.39, 0.29) is 23.1 Å². The Labute approximate surface area is 176 Å². The molecule has 0 saturated heterocycles. The molecule has 0 atom stereocenters. The van der Waals surface area contributed by atoms with E-state index in [1.54, 1.807) is 44.2 Å². The van der Waals surface area contributed by atoms with Crippen molar-refractivity contribution in [2.45, 2.75) is 26.0 Å². The van der Waals surface area contributed by atoms with Gasteiger partial charge in [0.1, 0.15) is 11.6 Å². The Morgan fingerprint density at radius 1 is 1.33 bits per heavy atom. The Hall–Kier alpha value is -3.32. The molecule has 0 saturated carbocycles. The summed E-state index contributed by atoms with van der Waals surface area (Å²) in [5.74, 6) is -1.02. The maximum absolute atomic E-state index is 13.2. The van der Waals surface area contributed by atoms with E-state index in [0.29, 0.717) is 22.4 Å². The first-order valence-electron chi connectivity index (χ1n) is 8.72. The lowest BCUT2D eigenvalue weighted by molar-refractivity contribution is 0.0698. The number of aliphatic hydroxyl groups is 1. The SMILES string of the molecule is CC(C)(O)c1ccc(CN)c(F)c1.N#Cc1cccc(Oc2ncsc2C(=O)O)c1. The molecule has 3 aromatic rings. The number of nitriles is 1. The number of ether oxygens (including phenoxy) is 1. The fourth-order valence-corrected chi connectivity index (χ4v) is 2.83. The lowest BCUT2D eigenvalue weighted by Crippen LogP contribution is -2.16. The predicted octanol–water partition coefficient (Wildman–Crippen LogP) is 4.02. The number of nitrogens with zero attached hydrogens (tertiary/aromatic N) is 2. The quantitative estimate of drug-likeness (QED) is 0.558. The smallest absolute Gasteiger partial charge is 0.351 e. The standard InChI is InChI=1S/C11H6N2O3S.C10H14FNO/c12-5-7-2-1-3-8(4-7)16-10-9(11(14)15)17-6-13-10;1-10(2,13)8-4-3-7(6-12)9(11)5-8/h1-4,6H,(H,14,15);3-5,13H,6,12H2,1-2H3. The largest absolute Gasteiger partial charge is 0.477 e. The molecule has 156 valence electrons. The summed E-state index contributed by atoms with van der Waals surface area (Å²) >= 11 is 0.986. The average Bonchev–Trinajstić information content (AvgIpc) is 3.16. The number of hydrogen-bond acceptors (Lipinski definition) is 7. The number of aromatic carboxylic acids is 1. The summed E-state index contributed by atoms with van der Waals surface area (Å²) in [6.45, 7) is 3.41. The molecular weight excluding hydrogens is 409 g/mol. The van der Waals surface area contributed by atoms with E-state index >= 15 is 0 Å². The van der Waals surface area contributed by atoms with Crippen molar-refractivity contribution in [3.8, 4) is 17.7 Å². The zero-order valence-electron chi connectivity index (χ0n) is 16.3. The van der Waals surface area contributed by atoms with E-state index in [1.165, 1.54) is 17.6 Å². The molecule has 0 unspecified atom stereocenters. The molecule has 1 aromatic heterocycles. The highest BCUT2D eigenvalue weighted by Crippen LogP contribution is 2.27. The number of carboxylic acid groups (broad SMARTS) is 1. The van der Waals surface area contributed by atoms with Crippen molar-refractivity contribution in [2.24, 2.45) is 5.73 Å². The first-order valence-corrected chi connectivity index (χ1v) is 9.59. The van der Waals surface area contributed by atoms with Crippen LogP contribution in [0, 0.1) is 17.1 Å². The van der Waals surface area contributed by atoms with Gasteiger partial charge < -0.3 is 20.7 Å². The first kappa shape index (κ1) is 23.0. The van der Waals surface area contributed by atoms with E-state index in [9.17, 15) is 14.3 Å². The fourth-order valence-electron chi connectivity index (χ4n) is 2.28. The predicted molar refractivity (Wildman–Crippen MR) is 110 cm³/mol. The van der Waals surface area contributed by atoms with Gasteiger partial charge in [-0.2, -0.15) is 5.26 Å². The number of halogens is 1. The number of thiazole rings is 1. The van der Waals surface area contributed by atoms with Crippen LogP contribution in [0.1, 0.15) is 40.2 Å². The highest BCUT2D eigenvalue weighted by Gasteiger charge is 2.17. The topological polar surface area (TPSA) is 129 Å². The van der Waals surface area contributed by atoms with Crippen molar-refractivity contribution in [2.75, 3.05) is 0 Å². The minimum atomic E-state index is -1.08. The molecule has 4 N–H and O–H groups in total. The Morgan fingerprint density at radius 3 is 2.63 bits per heavy atom. The van der Waals surface area contributed by atoms with E-state index in [4.69, 9.17) is 20.8 Å². The van der Waals surface area contributed by atoms with Crippen LogP contribution in [0.25, 0.3) is 0 Å². The van der Waals surface area contributed by atoms with Crippen LogP contribution in [0.5, 0.6) is 11.6 Å². The second-order valence-electron chi connectivity index (χ2n) is 6.60. The second kappa shape index (κ2) is 9.93. The number of carbonyl (C=O) groups is 1. The van der Waals surface area contributed by atoms with Crippen molar-refractivity contribution < 1.29 is 24.1 Å². The number of hydrogen-bond donors (Lipinski definition) is 3. The summed E-state index contributed by atoms with van der Waals surface area (Å²) in [7, 11) is 0. The Morgan fingerprint density at radius 2 is 2.07 bits per heavy atom. The van der Waals surface area contributed by atoms with Crippen LogP contribution in [0.3, 0.4) is 0 Å². The van der Waals surface area contributed by atoms with Gasteiger partial charge in [-0.1, -0.05) is 18.2 Å². The molecule has 9 heteroatoms. The van der Waals surface area contributed by atoms with Crippen molar-refractivity contribution in [1.29, 1.82) is 5.26 Å². The van der Waals surface area contributed by atoms with Gasteiger partial charge in [0, 0.05) is 12.1 Å². The van der Waals surface area contributed by atoms with Crippen molar-refractivity contribution in [1.82, 2.24) is 4.98 Å². The fraction of sp³-hybridized carbons (Fsp3) is 0.190. The molecule has 7 nitrogen and oxygen atoms in total. The first-order chi connectivity index (χ1) is 14.2. The summed E-state index contributed by atoms with van der Waals surface area (Å²) < 4.78 is 18.5. The summed E-state index contributed by atoms with van der Waals surface area (Å²) in [6, 6.07) is 13.0. The maximum Gasteiger partial charge on any atom is 0.351 e. The molecule has 0 spiro atoms. The zero-order valence-corrected chi connectivity index (χ0v) is 17.1. The molecule has 0 fully saturated rings. The number of rotatable bonds is 5. The third-order valence-electron chi connectivity index (χ3n) is 3.89. The molecule has 0 amide bonds. The highest BCUT2D eigenvalue weighted by atomic mass is 32.1. The summed E-state index contributed by atoms with van der Waals surface area (Å²) in [6.07, 6.45) is 0. The van der Waals surface area contributed by atoms with Gasteiger partial charge in [0.25, 0.3) is 0 Å². The van der Waals surface area contributed by atoms with Crippen LogP contribution in [-0.4, -0.2) is 21.2 Å². The third-order valence-corrected chi connectivity index (χ3v) is 4.68. The van der Waals surface area contributed by atoms with Gasteiger partial charge in [-0.25, -0.2) is 14.2 Å². The normalized spacial score (nSPS) is 10.5. The van der Waals surface area contributed by atoms with Crippen LogP contribution in [0.15, 0.2) is 48.0 Å². The highest BCUT2D eigenvalue weighted by molar-refractivity contribution is 7.12. The third kappa shape index (κ3) is 6.09. The van der Waals surface area contributed by atoms with Crippen LogP contribution in [0.4, 0.5) is 4.39 Å². The van der Waals surface area contributed by atoms with Crippen LogP contribution in [-0.2, 0) is 12.1 Å². The summed E-state index contributed by atoms with van der Waals surface area (Å²) in [5.41, 5.74) is 7.16. The molecule has 0 aliphatic carbocycles. The summed E-state index contributed by atoms with van der Waals surface area (Å²) in [4.78, 5) is 14.7. The number of aromatic nitrogens is 1. The molecule has 30 heavy (non-hydrogen) atoms. The van der Waals surface area contributed by atoms with Crippen molar-refractivity contribution in [3.63, 3.8) is 0 Å². The van der Waals surface area contributed by atoms with E-state index in [1.807, 2.05) is 6.07 Å². The molecule has 0 aliphatic rings. The molecule has 3 rings (SSSR count). The van der Waals surface area contributed by atoms with Crippen LogP contribution in [0.2, 0.25) is 0 Å². The molecule has 1 heterocycles. The zero-order chi connectivity index (χ0) is 22.3. The lowest BCUT2D eigenvalue weighted by Gasteiger charge is -2.18. The molecule has 0 bridgehead atoms. The van der Waals surface area contributed by atoms with Gasteiger partial charge in [-0.3, -0.25) is 0 Å². The molecule has 0 radical (unpaired) electrons. The molecule has 2 aromatic carbocycles. The van der Waals surface area contributed by atoms with Gasteiger partial charge in [-0.15, -0.1) is 11.3 Å². The number of nitrogens with two attached hydrogens (primary N) is 1. The molecule has 0 aliphatic heterocycles. The Kier molecular flexibility index (Phi) is 7.60. The van der Waals surface area contributed by atoms with Gasteiger partial charge in [0.15, 0.2) is 4.88 Å². The van der Waals surface area contributed by atoms with Crippen molar-refractivity contribution >= 4 is 17.3 Å². The van der Waals surface area contributed by atoms with E-state index in [2.05, 4.69) is 4.98 Å². The van der Waals surface area contributed by atoms with Crippen LogP contribution >= 0.6 is 11.3 Å². The average molecular weight is 429 g/mol. The van der Waals surface area contributed by atoms with Crippen LogP contribution < -0.4 is 10.5 Å². The van der Waals surface area contributed by atoms with Gasteiger partial charge in [0.2, 0.25) is 5.88 Å². The minimum absolute atomic E-state index is 0.0346.